The van der Waals surface area contributed by atoms with Crippen LogP contribution in [0.25, 0.3) is 32.8 Å². The lowest BCUT2D eigenvalue weighted by Crippen LogP contribution is -2.44. The van der Waals surface area contributed by atoms with E-state index in [0.29, 0.717) is 36.7 Å². The number of halogens is 1. The van der Waals surface area contributed by atoms with Crippen LogP contribution in [0.3, 0.4) is 0 Å². The standard InChI is InChI=1S/C39H48ClN5O4/c1-25-34(26(2)43(6)42-25)35-32(40)15-14-31-30(13-10-22-48-33-24-28(47-7)23-27-11-8-9-12-29(27)33)37(38(46)49-39(3,4)5)45(36(31)35)21-20-44-18-16-41-17-19-44/h8-9,11-12,14-15,23-24,41H,10,13,16-22H2,1-7H3. The van der Waals surface area contributed by atoms with Crippen molar-refractivity contribution >= 4 is 39.2 Å². The predicted molar refractivity (Wildman–Crippen MR) is 197 cm³/mol. The molecule has 49 heavy (non-hydrogen) atoms. The second kappa shape index (κ2) is 14.4. The lowest BCUT2D eigenvalue weighted by Gasteiger charge is -2.28. The van der Waals surface area contributed by atoms with E-state index in [1.807, 2.05) is 69.8 Å². The molecule has 0 atom stereocenters. The van der Waals surface area contributed by atoms with Crippen molar-refractivity contribution in [2.24, 2.45) is 7.05 Å². The molecular weight excluding hydrogens is 638 g/mol. The molecule has 0 amide bonds. The molecule has 1 fully saturated rings. The summed E-state index contributed by atoms with van der Waals surface area (Å²) in [5, 5.41) is 11.9. The molecule has 3 aromatic carbocycles. The Balaban J connectivity index is 1.45. The first-order valence-electron chi connectivity index (χ1n) is 17.2. The van der Waals surface area contributed by atoms with E-state index < -0.39 is 5.60 Å². The van der Waals surface area contributed by atoms with E-state index in [1.54, 1.807) is 7.11 Å². The molecule has 10 heteroatoms. The molecule has 0 spiro atoms. The van der Waals surface area contributed by atoms with Crippen molar-refractivity contribution in [3.05, 3.63) is 76.2 Å². The second-order valence-corrected chi connectivity index (χ2v) is 14.3. The Labute approximate surface area is 294 Å². The Morgan fingerprint density at radius 2 is 1.76 bits per heavy atom. The van der Waals surface area contributed by atoms with Crippen molar-refractivity contribution in [1.29, 1.82) is 0 Å². The van der Waals surface area contributed by atoms with Crippen molar-refractivity contribution in [3.63, 3.8) is 0 Å². The van der Waals surface area contributed by atoms with Crippen LogP contribution in [0.15, 0.2) is 48.5 Å². The van der Waals surface area contributed by atoms with Crippen LogP contribution in [-0.2, 0) is 24.8 Å². The van der Waals surface area contributed by atoms with Crippen LogP contribution in [0.1, 0.15) is 54.6 Å². The van der Waals surface area contributed by atoms with Crippen LogP contribution in [0, 0.1) is 13.8 Å². The van der Waals surface area contributed by atoms with Gasteiger partial charge < -0.3 is 24.1 Å². The quantitative estimate of drug-likeness (QED) is 0.115. The van der Waals surface area contributed by atoms with Gasteiger partial charge in [0.25, 0.3) is 0 Å². The van der Waals surface area contributed by atoms with Crippen molar-refractivity contribution in [3.8, 4) is 22.6 Å². The number of nitrogens with one attached hydrogen (secondary N) is 1. The van der Waals surface area contributed by atoms with Gasteiger partial charge in [-0.3, -0.25) is 9.58 Å². The van der Waals surface area contributed by atoms with Gasteiger partial charge in [-0.05, 0) is 70.5 Å². The maximum absolute atomic E-state index is 14.3. The highest BCUT2D eigenvalue weighted by Crippen LogP contribution is 2.42. The number of benzene rings is 3. The van der Waals surface area contributed by atoms with Crippen LogP contribution in [0.4, 0.5) is 0 Å². The van der Waals surface area contributed by atoms with E-state index in [0.717, 1.165) is 94.0 Å². The van der Waals surface area contributed by atoms with Gasteiger partial charge in [0, 0.05) is 80.0 Å². The molecule has 0 unspecified atom stereocenters. The van der Waals surface area contributed by atoms with E-state index >= 15 is 0 Å². The zero-order chi connectivity index (χ0) is 34.9. The number of methoxy groups -OCH3 is 1. The van der Waals surface area contributed by atoms with Gasteiger partial charge in [0.1, 0.15) is 22.8 Å². The summed E-state index contributed by atoms with van der Waals surface area (Å²) in [7, 11) is 3.62. The minimum atomic E-state index is -0.665. The van der Waals surface area contributed by atoms with E-state index in [-0.39, 0.29) is 5.97 Å². The number of aromatic nitrogens is 3. The van der Waals surface area contributed by atoms with Gasteiger partial charge in [-0.2, -0.15) is 5.10 Å². The van der Waals surface area contributed by atoms with E-state index in [4.69, 9.17) is 30.9 Å². The third kappa shape index (κ3) is 7.30. The van der Waals surface area contributed by atoms with Gasteiger partial charge in [0.05, 0.1) is 29.9 Å². The van der Waals surface area contributed by atoms with Gasteiger partial charge >= 0.3 is 5.97 Å². The normalized spacial score (nSPS) is 14.1. The molecule has 6 rings (SSSR count). The summed E-state index contributed by atoms with van der Waals surface area (Å²) in [6.45, 7) is 15.5. The third-order valence-corrected chi connectivity index (χ3v) is 9.66. The Morgan fingerprint density at radius 3 is 2.45 bits per heavy atom. The van der Waals surface area contributed by atoms with Crippen molar-refractivity contribution in [2.75, 3.05) is 46.4 Å². The average molecular weight is 686 g/mol. The van der Waals surface area contributed by atoms with E-state index in [2.05, 4.69) is 39.9 Å². The molecule has 3 heterocycles. The maximum atomic E-state index is 14.3. The minimum absolute atomic E-state index is 0.333. The van der Waals surface area contributed by atoms with Crippen molar-refractivity contribution in [1.82, 2.24) is 24.6 Å². The first kappa shape index (κ1) is 34.8. The smallest absolute Gasteiger partial charge is 0.355 e. The van der Waals surface area contributed by atoms with E-state index in [1.165, 1.54) is 0 Å². The molecule has 1 N–H and O–H groups in total. The number of aryl methyl sites for hydroxylation is 3. The number of nitrogens with zero attached hydrogens (tertiary/aromatic N) is 4. The Morgan fingerprint density at radius 1 is 1.00 bits per heavy atom. The lowest BCUT2D eigenvalue weighted by molar-refractivity contribution is 0.00561. The van der Waals surface area contributed by atoms with Crippen LogP contribution in [0.2, 0.25) is 5.02 Å². The van der Waals surface area contributed by atoms with Crippen molar-refractivity contribution < 1.29 is 19.0 Å². The van der Waals surface area contributed by atoms with Crippen LogP contribution < -0.4 is 14.8 Å². The van der Waals surface area contributed by atoms with Crippen molar-refractivity contribution in [2.45, 2.75) is 59.6 Å². The number of carbonyl (C=O) groups is 1. The maximum Gasteiger partial charge on any atom is 0.355 e. The predicted octanol–water partition coefficient (Wildman–Crippen LogP) is 7.35. The summed E-state index contributed by atoms with van der Waals surface area (Å²) < 4.78 is 22.2. The molecule has 260 valence electrons. The zero-order valence-electron chi connectivity index (χ0n) is 29.8. The Kier molecular flexibility index (Phi) is 10.2. The molecule has 0 bridgehead atoms. The van der Waals surface area contributed by atoms with Crippen LogP contribution in [-0.4, -0.2) is 77.3 Å². The number of carbonyl (C=O) groups excluding carboxylic acids is 1. The third-order valence-electron chi connectivity index (χ3n) is 9.34. The second-order valence-electron chi connectivity index (χ2n) is 13.9. The summed E-state index contributed by atoms with van der Waals surface area (Å²) >= 11 is 7.11. The fourth-order valence-corrected chi connectivity index (χ4v) is 7.24. The minimum Gasteiger partial charge on any atom is -0.497 e. The van der Waals surface area contributed by atoms with Gasteiger partial charge in [-0.15, -0.1) is 0 Å². The van der Waals surface area contributed by atoms with Crippen LogP contribution >= 0.6 is 11.6 Å². The highest BCUT2D eigenvalue weighted by molar-refractivity contribution is 6.35. The van der Waals surface area contributed by atoms with E-state index in [9.17, 15) is 4.79 Å². The van der Waals surface area contributed by atoms with Gasteiger partial charge in [0.15, 0.2) is 0 Å². The monoisotopic (exact) mass is 685 g/mol. The highest BCUT2D eigenvalue weighted by atomic mass is 35.5. The number of rotatable bonds is 11. The van der Waals surface area contributed by atoms with Gasteiger partial charge in [-0.25, -0.2) is 4.79 Å². The summed E-state index contributed by atoms with van der Waals surface area (Å²) in [4.78, 5) is 16.7. The Hall–Kier alpha value is -4.05. The fraction of sp³-hybridized carbons (Fsp3) is 0.436. The first-order valence-corrected chi connectivity index (χ1v) is 17.5. The van der Waals surface area contributed by atoms with Gasteiger partial charge in [0.2, 0.25) is 0 Å². The molecule has 0 aliphatic carbocycles. The lowest BCUT2D eigenvalue weighted by atomic mass is 9.98. The topological polar surface area (TPSA) is 82.8 Å². The number of ether oxygens (including phenoxy) is 3. The number of esters is 1. The summed E-state index contributed by atoms with van der Waals surface area (Å²) in [6.07, 6.45) is 1.29. The molecule has 0 radical (unpaired) electrons. The SMILES string of the molecule is COc1cc(OCCCc2c(C(=O)OC(C)(C)C)n(CCN3CCNCC3)c3c(-c4c(C)nn(C)c4C)c(Cl)ccc23)c2ccccc2c1. The van der Waals surface area contributed by atoms with Gasteiger partial charge in [-0.1, -0.05) is 41.9 Å². The highest BCUT2D eigenvalue weighted by Gasteiger charge is 2.31. The largest absolute Gasteiger partial charge is 0.497 e. The zero-order valence-corrected chi connectivity index (χ0v) is 30.5. The average Bonchev–Trinajstić information content (AvgIpc) is 3.52. The van der Waals surface area contributed by atoms with Crippen LogP contribution in [0.5, 0.6) is 11.5 Å². The summed E-state index contributed by atoms with van der Waals surface area (Å²) in [5.41, 5.74) is 5.60. The first-order chi connectivity index (χ1) is 23.5. The molecule has 9 nitrogen and oxygen atoms in total. The molecular formula is C39H48ClN5O4. The number of hydrogen-bond acceptors (Lipinski definition) is 7. The number of piperazine rings is 1. The number of fused-ring (bicyclic) bond motifs is 2. The molecule has 1 aliphatic rings. The molecule has 1 aliphatic heterocycles. The summed E-state index contributed by atoms with van der Waals surface area (Å²) in [6, 6.07) is 16.1. The summed E-state index contributed by atoms with van der Waals surface area (Å²) in [5.74, 6) is 1.19. The molecule has 1 saturated heterocycles. The Bertz CT molecular complexity index is 1980. The molecule has 5 aromatic rings. The molecule has 0 saturated carbocycles. The number of hydrogen-bond donors (Lipinski definition) is 1. The fourth-order valence-electron chi connectivity index (χ4n) is 7.00. The molecule has 2 aromatic heterocycles.